The number of thiophene rings is 1. The fraction of sp³-hybridized carbons (Fsp3) is 0.421. The first-order valence-corrected chi connectivity index (χ1v) is 9.87. The summed E-state index contributed by atoms with van der Waals surface area (Å²) in [5, 5.41) is 6.09. The Morgan fingerprint density at radius 2 is 1.96 bits per heavy atom. The molecule has 1 fully saturated rings. The minimum atomic E-state index is 0.124. The normalized spacial score (nSPS) is 15.3. The average Bonchev–Trinajstić information content (AvgIpc) is 3.30. The fourth-order valence-corrected chi connectivity index (χ4v) is 4.10. The zero-order chi connectivity index (χ0) is 19.0. The third kappa shape index (κ3) is 3.49. The lowest BCUT2D eigenvalue weighted by Crippen LogP contribution is -2.38. The maximum Gasteiger partial charge on any atom is 0.278 e. The zero-order valence-electron chi connectivity index (χ0n) is 15.6. The van der Waals surface area contributed by atoms with Gasteiger partial charge in [-0.3, -0.25) is 9.78 Å². The first kappa shape index (κ1) is 17.8. The van der Waals surface area contributed by atoms with Crippen LogP contribution in [0.25, 0.3) is 11.6 Å². The van der Waals surface area contributed by atoms with E-state index in [0.29, 0.717) is 30.5 Å². The van der Waals surface area contributed by atoms with Gasteiger partial charge < -0.3 is 9.42 Å². The first-order chi connectivity index (χ1) is 13.0. The summed E-state index contributed by atoms with van der Waals surface area (Å²) in [7, 11) is 0. The molecule has 3 aromatic heterocycles. The van der Waals surface area contributed by atoms with Crippen molar-refractivity contribution in [3.63, 3.8) is 0 Å². The third-order valence-corrected chi connectivity index (χ3v) is 6.12. The number of aromatic nitrogens is 4. The molecule has 3 aromatic rings. The van der Waals surface area contributed by atoms with Gasteiger partial charge in [0.1, 0.15) is 5.69 Å². The first-order valence-electron chi connectivity index (χ1n) is 8.99. The van der Waals surface area contributed by atoms with Crippen LogP contribution in [-0.4, -0.2) is 44.0 Å². The van der Waals surface area contributed by atoms with Crippen LogP contribution >= 0.6 is 11.3 Å². The van der Waals surface area contributed by atoms with Crippen LogP contribution in [0.1, 0.15) is 51.1 Å². The van der Waals surface area contributed by atoms with Crippen LogP contribution in [0.15, 0.2) is 22.3 Å². The highest BCUT2D eigenvalue weighted by Gasteiger charge is 2.28. The summed E-state index contributed by atoms with van der Waals surface area (Å²) in [4.78, 5) is 28.9. The molecule has 0 bridgehead atoms. The highest BCUT2D eigenvalue weighted by Crippen LogP contribution is 2.29. The summed E-state index contributed by atoms with van der Waals surface area (Å²) in [6.45, 7) is 7.35. The van der Waals surface area contributed by atoms with E-state index in [4.69, 9.17) is 4.52 Å². The average molecular weight is 383 g/mol. The number of likely N-dealkylation sites (tertiary alicyclic amines) is 1. The fourth-order valence-electron chi connectivity index (χ4n) is 3.24. The van der Waals surface area contributed by atoms with Gasteiger partial charge >= 0.3 is 0 Å². The van der Waals surface area contributed by atoms with E-state index in [0.717, 1.165) is 29.7 Å². The quantitative estimate of drug-likeness (QED) is 0.688. The van der Waals surface area contributed by atoms with E-state index in [1.165, 1.54) is 4.88 Å². The van der Waals surface area contributed by atoms with Crippen LogP contribution < -0.4 is 0 Å². The highest BCUT2D eigenvalue weighted by molar-refractivity contribution is 7.10. The number of hydrogen-bond acceptors (Lipinski definition) is 7. The van der Waals surface area contributed by atoms with Crippen molar-refractivity contribution >= 4 is 17.2 Å². The molecular weight excluding hydrogens is 362 g/mol. The van der Waals surface area contributed by atoms with Crippen molar-refractivity contribution in [2.45, 2.75) is 39.5 Å². The van der Waals surface area contributed by atoms with Gasteiger partial charge in [0.25, 0.3) is 11.8 Å². The smallest absolute Gasteiger partial charge is 0.278 e. The standard InChI is InChI=1S/C19H21N5O2S/c1-11-8-21-16(9-20-11)18-22-17(23-26-18)14-4-6-24(7-5-14)19(25)15-10-27-13(3)12(15)2/h8-10,14H,4-7H2,1-3H3. The Hall–Kier alpha value is -2.61. The number of carbonyl (C=O) groups excluding carboxylic acids is 1. The molecule has 1 saturated heterocycles. The molecule has 1 amide bonds. The van der Waals surface area contributed by atoms with E-state index in [1.54, 1.807) is 23.7 Å². The summed E-state index contributed by atoms with van der Waals surface area (Å²) in [5.74, 6) is 1.39. The molecular formula is C19H21N5O2S. The number of piperidine rings is 1. The molecule has 1 aliphatic heterocycles. The van der Waals surface area contributed by atoms with Gasteiger partial charge in [0.15, 0.2) is 5.82 Å². The summed E-state index contributed by atoms with van der Waals surface area (Å²) in [6.07, 6.45) is 4.97. The second-order valence-corrected chi connectivity index (χ2v) is 7.98. The Labute approximate surface area is 161 Å². The molecule has 0 unspecified atom stereocenters. The molecule has 140 valence electrons. The monoisotopic (exact) mass is 383 g/mol. The lowest BCUT2D eigenvalue weighted by molar-refractivity contribution is 0.0710. The van der Waals surface area contributed by atoms with Crippen molar-refractivity contribution in [1.82, 2.24) is 25.0 Å². The van der Waals surface area contributed by atoms with Crippen LogP contribution in [0.2, 0.25) is 0 Å². The van der Waals surface area contributed by atoms with E-state index >= 15 is 0 Å². The summed E-state index contributed by atoms with van der Waals surface area (Å²) in [6, 6.07) is 0. The number of rotatable bonds is 3. The summed E-state index contributed by atoms with van der Waals surface area (Å²) >= 11 is 1.63. The van der Waals surface area contributed by atoms with Crippen molar-refractivity contribution in [3.8, 4) is 11.6 Å². The van der Waals surface area contributed by atoms with Crippen LogP contribution in [0.5, 0.6) is 0 Å². The third-order valence-electron chi connectivity index (χ3n) is 5.11. The molecule has 0 aromatic carbocycles. The van der Waals surface area contributed by atoms with Gasteiger partial charge in [-0.1, -0.05) is 5.16 Å². The maximum atomic E-state index is 12.8. The maximum absolute atomic E-state index is 12.8. The Bertz CT molecular complexity index is 955. The van der Waals surface area contributed by atoms with Crippen LogP contribution in [0.3, 0.4) is 0 Å². The lowest BCUT2D eigenvalue weighted by atomic mass is 9.95. The second kappa shape index (κ2) is 7.19. The zero-order valence-corrected chi connectivity index (χ0v) is 16.4. The van der Waals surface area contributed by atoms with Gasteiger partial charge in [0.2, 0.25) is 0 Å². The van der Waals surface area contributed by atoms with Crippen molar-refractivity contribution in [3.05, 3.63) is 45.3 Å². The van der Waals surface area contributed by atoms with Crippen LogP contribution in [0, 0.1) is 20.8 Å². The lowest BCUT2D eigenvalue weighted by Gasteiger charge is -2.30. The predicted octanol–water partition coefficient (Wildman–Crippen LogP) is 3.53. The number of amides is 1. The molecule has 27 heavy (non-hydrogen) atoms. The number of hydrogen-bond donors (Lipinski definition) is 0. The SMILES string of the molecule is Cc1cnc(-c2nc(C3CCN(C(=O)c4csc(C)c4C)CC3)no2)cn1. The molecule has 0 aliphatic carbocycles. The second-order valence-electron chi connectivity index (χ2n) is 6.90. The van der Waals surface area contributed by atoms with E-state index in [9.17, 15) is 4.79 Å². The van der Waals surface area contributed by atoms with Gasteiger partial charge in [0.05, 0.1) is 17.5 Å². The van der Waals surface area contributed by atoms with E-state index in [2.05, 4.69) is 27.0 Å². The molecule has 1 aliphatic rings. The van der Waals surface area contributed by atoms with E-state index in [-0.39, 0.29) is 11.8 Å². The van der Waals surface area contributed by atoms with Crippen molar-refractivity contribution in [2.75, 3.05) is 13.1 Å². The number of carbonyl (C=O) groups is 1. The Kier molecular flexibility index (Phi) is 4.73. The largest absolute Gasteiger partial charge is 0.339 e. The highest BCUT2D eigenvalue weighted by atomic mass is 32.1. The summed E-state index contributed by atoms with van der Waals surface area (Å²) in [5.41, 5.74) is 3.34. The van der Waals surface area contributed by atoms with Crippen molar-refractivity contribution < 1.29 is 9.32 Å². The van der Waals surface area contributed by atoms with Crippen LogP contribution in [-0.2, 0) is 0 Å². The van der Waals surface area contributed by atoms with Crippen molar-refractivity contribution in [1.29, 1.82) is 0 Å². The van der Waals surface area contributed by atoms with E-state index < -0.39 is 0 Å². The number of aryl methyl sites for hydroxylation is 2. The van der Waals surface area contributed by atoms with Crippen LogP contribution in [0.4, 0.5) is 0 Å². The summed E-state index contributed by atoms with van der Waals surface area (Å²) < 4.78 is 5.36. The Morgan fingerprint density at radius 1 is 1.19 bits per heavy atom. The molecule has 0 spiro atoms. The molecule has 0 N–H and O–H groups in total. The van der Waals surface area contributed by atoms with Gasteiger partial charge in [-0.15, -0.1) is 11.3 Å². The minimum Gasteiger partial charge on any atom is -0.339 e. The van der Waals surface area contributed by atoms with Crippen molar-refractivity contribution in [2.24, 2.45) is 0 Å². The predicted molar refractivity (Wildman–Crippen MR) is 102 cm³/mol. The number of nitrogens with zero attached hydrogens (tertiary/aromatic N) is 5. The van der Waals surface area contributed by atoms with Gasteiger partial charge in [-0.25, -0.2) is 4.98 Å². The Balaban J connectivity index is 1.41. The molecule has 4 heterocycles. The topological polar surface area (TPSA) is 85.0 Å². The molecule has 8 heteroatoms. The Morgan fingerprint density at radius 3 is 2.59 bits per heavy atom. The minimum absolute atomic E-state index is 0.124. The van der Waals surface area contributed by atoms with Gasteiger partial charge in [-0.2, -0.15) is 4.98 Å². The molecule has 7 nitrogen and oxygen atoms in total. The molecule has 0 radical (unpaired) electrons. The van der Waals surface area contributed by atoms with Gasteiger partial charge in [-0.05, 0) is 39.2 Å². The van der Waals surface area contributed by atoms with E-state index in [1.807, 2.05) is 24.1 Å². The molecule has 0 atom stereocenters. The molecule has 0 saturated carbocycles. The molecule has 4 rings (SSSR count). The van der Waals surface area contributed by atoms with Gasteiger partial charge in [0, 0.05) is 35.5 Å².